The van der Waals surface area contributed by atoms with Crippen LogP contribution >= 0.6 is 0 Å². The summed E-state index contributed by atoms with van der Waals surface area (Å²) in [4.78, 5) is 26.3. The molecule has 6 nitrogen and oxygen atoms in total. The molecule has 0 unspecified atom stereocenters. The molecule has 0 atom stereocenters. The third-order valence-corrected chi connectivity index (χ3v) is 4.73. The number of fused-ring (bicyclic) bond motifs is 2. The summed E-state index contributed by atoms with van der Waals surface area (Å²) < 4.78 is 7.64. The molecule has 28 heavy (non-hydrogen) atoms. The first kappa shape index (κ1) is 18.1. The molecule has 6 heteroatoms. The van der Waals surface area contributed by atoms with Crippen LogP contribution in [-0.2, 0) is 16.1 Å². The van der Waals surface area contributed by atoms with Gasteiger partial charge in [0.15, 0.2) is 6.61 Å². The Balaban J connectivity index is 1.49. The Morgan fingerprint density at radius 1 is 1.18 bits per heavy atom. The van der Waals surface area contributed by atoms with Crippen LogP contribution in [0, 0.1) is 5.92 Å². The highest BCUT2D eigenvalue weighted by atomic mass is 16.5. The minimum absolute atomic E-state index is 0.0500. The molecule has 2 amide bonds. The number of rotatable bonds is 5. The zero-order chi connectivity index (χ0) is 19.7. The van der Waals surface area contributed by atoms with Gasteiger partial charge in [-0.15, -0.1) is 0 Å². The van der Waals surface area contributed by atoms with Crippen LogP contribution in [0.3, 0.4) is 0 Å². The molecule has 1 aliphatic rings. The molecule has 1 aliphatic heterocycles. The van der Waals surface area contributed by atoms with Gasteiger partial charge in [-0.3, -0.25) is 14.5 Å². The first-order valence-corrected chi connectivity index (χ1v) is 9.42. The second kappa shape index (κ2) is 7.38. The van der Waals surface area contributed by atoms with Crippen LogP contribution in [0.25, 0.3) is 10.9 Å². The number of ether oxygens (including phenoxy) is 1. The number of anilines is 2. The third-order valence-electron chi connectivity index (χ3n) is 4.73. The Hall–Kier alpha value is -3.28. The molecule has 0 radical (unpaired) electrons. The minimum atomic E-state index is -0.244. The molecular weight excluding hydrogens is 354 g/mol. The average Bonchev–Trinajstić information content (AvgIpc) is 3.05. The maximum Gasteiger partial charge on any atom is 0.265 e. The van der Waals surface area contributed by atoms with Gasteiger partial charge in [-0.05, 0) is 42.3 Å². The van der Waals surface area contributed by atoms with Gasteiger partial charge in [0.2, 0.25) is 5.91 Å². The zero-order valence-electron chi connectivity index (χ0n) is 16.0. The van der Waals surface area contributed by atoms with E-state index in [4.69, 9.17) is 4.74 Å². The van der Waals surface area contributed by atoms with Gasteiger partial charge in [0.05, 0.1) is 5.69 Å². The second-order valence-corrected chi connectivity index (χ2v) is 7.42. The van der Waals surface area contributed by atoms with E-state index in [1.165, 1.54) is 4.90 Å². The number of nitrogens with zero attached hydrogens (tertiary/aromatic N) is 2. The summed E-state index contributed by atoms with van der Waals surface area (Å²) in [5.41, 5.74) is 2.48. The maximum absolute atomic E-state index is 12.6. The van der Waals surface area contributed by atoms with E-state index in [1.807, 2.05) is 30.3 Å². The first-order chi connectivity index (χ1) is 13.5. The van der Waals surface area contributed by atoms with E-state index in [0.717, 1.165) is 17.4 Å². The maximum atomic E-state index is 12.6. The quantitative estimate of drug-likeness (QED) is 0.738. The fourth-order valence-corrected chi connectivity index (χ4v) is 3.50. The number of carbonyl (C=O) groups excluding carboxylic acids is 2. The molecule has 0 spiro atoms. The van der Waals surface area contributed by atoms with Gasteiger partial charge in [0.25, 0.3) is 5.91 Å². The van der Waals surface area contributed by atoms with E-state index in [9.17, 15) is 9.59 Å². The van der Waals surface area contributed by atoms with E-state index in [0.29, 0.717) is 23.0 Å². The molecule has 144 valence electrons. The summed E-state index contributed by atoms with van der Waals surface area (Å²) in [5.74, 6) is 0.702. The van der Waals surface area contributed by atoms with E-state index in [1.54, 1.807) is 12.1 Å². The highest BCUT2D eigenvalue weighted by Crippen LogP contribution is 2.31. The van der Waals surface area contributed by atoms with Crippen LogP contribution in [0.5, 0.6) is 5.75 Å². The van der Waals surface area contributed by atoms with Crippen molar-refractivity contribution in [1.82, 2.24) is 4.57 Å². The SMILES string of the molecule is CC(C)Cn1ccc2cc(NC(=O)CN3C(=O)COc4ccccc43)ccc21. The van der Waals surface area contributed by atoms with Crippen molar-refractivity contribution in [3.63, 3.8) is 0 Å². The molecule has 2 heterocycles. The van der Waals surface area contributed by atoms with Crippen LogP contribution in [0.4, 0.5) is 11.4 Å². The third kappa shape index (κ3) is 3.58. The molecule has 4 rings (SSSR count). The van der Waals surface area contributed by atoms with E-state index in [-0.39, 0.29) is 25.0 Å². The molecule has 0 saturated carbocycles. The molecule has 0 saturated heterocycles. The number of nitrogens with one attached hydrogen (secondary N) is 1. The zero-order valence-corrected chi connectivity index (χ0v) is 16.0. The first-order valence-electron chi connectivity index (χ1n) is 9.42. The monoisotopic (exact) mass is 377 g/mol. The van der Waals surface area contributed by atoms with Crippen molar-refractivity contribution in [1.29, 1.82) is 0 Å². The van der Waals surface area contributed by atoms with Crippen molar-refractivity contribution in [2.24, 2.45) is 5.92 Å². The number of para-hydroxylation sites is 2. The largest absolute Gasteiger partial charge is 0.482 e. The number of carbonyl (C=O) groups is 2. The number of aromatic nitrogens is 1. The van der Waals surface area contributed by atoms with Crippen molar-refractivity contribution in [2.75, 3.05) is 23.4 Å². The average molecular weight is 377 g/mol. The summed E-state index contributed by atoms with van der Waals surface area (Å²) in [5, 5.41) is 3.98. The molecule has 3 aromatic rings. The summed E-state index contributed by atoms with van der Waals surface area (Å²) >= 11 is 0. The van der Waals surface area contributed by atoms with Crippen LogP contribution in [0.1, 0.15) is 13.8 Å². The van der Waals surface area contributed by atoms with E-state index in [2.05, 4.69) is 36.0 Å². The summed E-state index contributed by atoms with van der Waals surface area (Å²) in [6.45, 7) is 5.22. The Morgan fingerprint density at radius 3 is 2.82 bits per heavy atom. The second-order valence-electron chi connectivity index (χ2n) is 7.42. The lowest BCUT2D eigenvalue weighted by Gasteiger charge is -2.28. The summed E-state index contributed by atoms with van der Waals surface area (Å²) in [7, 11) is 0. The van der Waals surface area contributed by atoms with Crippen molar-refractivity contribution >= 4 is 34.1 Å². The van der Waals surface area contributed by atoms with Gasteiger partial charge in [0.1, 0.15) is 12.3 Å². The highest BCUT2D eigenvalue weighted by Gasteiger charge is 2.26. The molecule has 0 aliphatic carbocycles. The smallest absolute Gasteiger partial charge is 0.265 e. The highest BCUT2D eigenvalue weighted by molar-refractivity contribution is 6.05. The van der Waals surface area contributed by atoms with Crippen molar-refractivity contribution in [3.05, 3.63) is 54.7 Å². The van der Waals surface area contributed by atoms with E-state index < -0.39 is 0 Å². The number of amides is 2. The van der Waals surface area contributed by atoms with Crippen molar-refractivity contribution < 1.29 is 14.3 Å². The van der Waals surface area contributed by atoms with Gasteiger partial charge in [0, 0.05) is 29.3 Å². The number of hydrogen-bond acceptors (Lipinski definition) is 3. The molecule has 0 bridgehead atoms. The number of benzene rings is 2. The minimum Gasteiger partial charge on any atom is -0.482 e. The van der Waals surface area contributed by atoms with Gasteiger partial charge in [-0.1, -0.05) is 26.0 Å². The molecular formula is C22H23N3O3. The van der Waals surface area contributed by atoms with Gasteiger partial charge in [-0.25, -0.2) is 0 Å². The molecule has 0 fully saturated rings. The topological polar surface area (TPSA) is 63.6 Å². The standard InChI is InChI=1S/C22H23N3O3/c1-15(2)12-24-10-9-16-11-17(7-8-18(16)24)23-21(26)13-25-19-5-3-4-6-20(19)28-14-22(25)27/h3-11,15H,12-14H2,1-2H3,(H,23,26). The predicted molar refractivity (Wildman–Crippen MR) is 110 cm³/mol. The lowest BCUT2D eigenvalue weighted by molar-refractivity contribution is -0.123. The van der Waals surface area contributed by atoms with E-state index >= 15 is 0 Å². The number of hydrogen-bond donors (Lipinski definition) is 1. The molecule has 1 aromatic heterocycles. The van der Waals surface area contributed by atoms with Crippen LogP contribution in [-0.4, -0.2) is 29.5 Å². The van der Waals surface area contributed by atoms with Crippen LogP contribution < -0.4 is 15.0 Å². The van der Waals surface area contributed by atoms with Gasteiger partial charge < -0.3 is 14.6 Å². The van der Waals surface area contributed by atoms with Gasteiger partial charge in [-0.2, -0.15) is 0 Å². The van der Waals surface area contributed by atoms with Crippen LogP contribution in [0.2, 0.25) is 0 Å². The summed E-state index contributed by atoms with van der Waals surface area (Å²) in [6.07, 6.45) is 2.07. The van der Waals surface area contributed by atoms with Crippen molar-refractivity contribution in [2.45, 2.75) is 20.4 Å². The Kier molecular flexibility index (Phi) is 4.77. The Bertz CT molecular complexity index is 1040. The lowest BCUT2D eigenvalue weighted by Crippen LogP contribution is -2.43. The lowest BCUT2D eigenvalue weighted by atomic mass is 10.2. The fraction of sp³-hybridized carbons (Fsp3) is 0.273. The fourth-order valence-electron chi connectivity index (χ4n) is 3.50. The Labute approximate surface area is 163 Å². The van der Waals surface area contributed by atoms with Crippen molar-refractivity contribution in [3.8, 4) is 5.75 Å². The summed E-state index contributed by atoms with van der Waals surface area (Å²) in [6, 6.07) is 15.2. The van der Waals surface area contributed by atoms with Gasteiger partial charge >= 0.3 is 0 Å². The molecule has 1 N–H and O–H groups in total. The molecule has 2 aromatic carbocycles. The predicted octanol–water partition coefficient (Wildman–Crippen LogP) is 3.66. The normalized spacial score (nSPS) is 13.5. The van der Waals surface area contributed by atoms with Crippen LogP contribution in [0.15, 0.2) is 54.7 Å². The Morgan fingerprint density at radius 2 is 2.00 bits per heavy atom.